The van der Waals surface area contributed by atoms with Gasteiger partial charge in [-0.25, -0.2) is 0 Å². The lowest BCUT2D eigenvalue weighted by molar-refractivity contribution is -0.903. The molecule has 0 spiro atoms. The van der Waals surface area contributed by atoms with E-state index in [2.05, 4.69) is 26.2 Å². The predicted molar refractivity (Wildman–Crippen MR) is 83.8 cm³/mol. The van der Waals surface area contributed by atoms with Crippen LogP contribution in [0.1, 0.15) is 12.0 Å². The van der Waals surface area contributed by atoms with Gasteiger partial charge in [-0.3, -0.25) is 4.79 Å². The van der Waals surface area contributed by atoms with Gasteiger partial charge in [0.1, 0.15) is 12.3 Å². The lowest BCUT2D eigenvalue weighted by Crippen LogP contribution is -3.00. The number of hydrogen-bond donors (Lipinski definition) is 0. The number of carbonyl (C=O) groups is 1. The van der Waals surface area contributed by atoms with E-state index in [9.17, 15) is 4.79 Å². The standard InChI is InChI=1S/C18H22NO2.ClH/c1-19(2,15-16-9-5-3-6-10-16)14-13-18(20)21-17-11-7-4-8-12-17;/h3-12H,13-15H2,1-2H3;1H/q+1;/p-1. The highest BCUT2D eigenvalue weighted by Crippen LogP contribution is 2.12. The molecule has 0 saturated carbocycles. The molecule has 0 amide bonds. The summed E-state index contributed by atoms with van der Waals surface area (Å²) >= 11 is 0. The maximum Gasteiger partial charge on any atom is 0.316 e. The van der Waals surface area contributed by atoms with E-state index < -0.39 is 0 Å². The zero-order valence-electron chi connectivity index (χ0n) is 13.0. The fourth-order valence-electron chi connectivity index (χ4n) is 2.22. The number of para-hydroxylation sites is 1. The second kappa shape index (κ2) is 8.57. The first-order chi connectivity index (χ1) is 10.1. The van der Waals surface area contributed by atoms with Crippen molar-refractivity contribution in [1.82, 2.24) is 0 Å². The van der Waals surface area contributed by atoms with Crippen molar-refractivity contribution >= 4 is 5.97 Å². The zero-order chi connectivity index (χ0) is 15.1. The maximum atomic E-state index is 11.9. The SMILES string of the molecule is C[N+](C)(CCC(=O)Oc1ccccc1)Cc1ccccc1.[Cl-]. The van der Waals surface area contributed by atoms with Crippen molar-refractivity contribution in [1.29, 1.82) is 0 Å². The number of esters is 1. The molecule has 2 rings (SSSR count). The van der Waals surface area contributed by atoms with E-state index >= 15 is 0 Å². The molecule has 0 aromatic heterocycles. The van der Waals surface area contributed by atoms with Crippen molar-refractivity contribution in [3.8, 4) is 5.75 Å². The predicted octanol–water partition coefficient (Wildman–Crippen LogP) is 0.263. The molecular weight excluding hydrogens is 298 g/mol. The molecule has 4 heteroatoms. The van der Waals surface area contributed by atoms with Gasteiger partial charge < -0.3 is 21.6 Å². The molecule has 2 aromatic carbocycles. The first-order valence-electron chi connectivity index (χ1n) is 7.17. The summed E-state index contributed by atoms with van der Waals surface area (Å²) in [5.74, 6) is 0.427. The minimum Gasteiger partial charge on any atom is -1.00 e. The molecular formula is C18H22ClNO2. The molecule has 3 nitrogen and oxygen atoms in total. The Balaban J connectivity index is 0.00000242. The molecule has 0 atom stereocenters. The zero-order valence-corrected chi connectivity index (χ0v) is 13.8. The van der Waals surface area contributed by atoms with Crippen molar-refractivity contribution in [3.05, 3.63) is 66.2 Å². The van der Waals surface area contributed by atoms with E-state index in [0.717, 1.165) is 17.6 Å². The van der Waals surface area contributed by atoms with Gasteiger partial charge in [0.05, 0.1) is 27.1 Å². The fraction of sp³-hybridized carbons (Fsp3) is 0.278. The molecule has 0 aliphatic rings. The van der Waals surface area contributed by atoms with Gasteiger partial charge >= 0.3 is 5.97 Å². The van der Waals surface area contributed by atoms with Crippen LogP contribution in [-0.4, -0.2) is 31.1 Å². The second-order valence-electron chi connectivity index (χ2n) is 5.84. The molecule has 0 heterocycles. The van der Waals surface area contributed by atoms with E-state index in [4.69, 9.17) is 4.74 Å². The van der Waals surface area contributed by atoms with Gasteiger partial charge in [-0.2, -0.15) is 0 Å². The molecule has 0 fully saturated rings. The summed E-state index contributed by atoms with van der Waals surface area (Å²) < 4.78 is 6.07. The largest absolute Gasteiger partial charge is 1.00 e. The molecule has 0 unspecified atom stereocenters. The molecule has 118 valence electrons. The van der Waals surface area contributed by atoms with Crippen LogP contribution in [0.5, 0.6) is 5.75 Å². The van der Waals surface area contributed by atoms with Gasteiger partial charge in [-0.05, 0) is 12.1 Å². The summed E-state index contributed by atoms with van der Waals surface area (Å²) in [5, 5.41) is 0. The van der Waals surface area contributed by atoms with Crippen molar-refractivity contribution in [2.45, 2.75) is 13.0 Å². The van der Waals surface area contributed by atoms with Gasteiger partial charge in [0, 0.05) is 5.56 Å². The fourth-order valence-corrected chi connectivity index (χ4v) is 2.22. The average molecular weight is 320 g/mol. The first-order valence-corrected chi connectivity index (χ1v) is 7.17. The van der Waals surface area contributed by atoms with Crippen molar-refractivity contribution in [3.63, 3.8) is 0 Å². The molecule has 0 saturated heterocycles. The van der Waals surface area contributed by atoms with Crippen LogP contribution in [0.3, 0.4) is 0 Å². The first kappa shape index (κ1) is 18.2. The Morgan fingerprint density at radius 2 is 1.50 bits per heavy atom. The van der Waals surface area contributed by atoms with Crippen LogP contribution in [0, 0.1) is 0 Å². The molecule has 0 aliphatic heterocycles. The summed E-state index contributed by atoms with van der Waals surface area (Å²) in [5.41, 5.74) is 1.28. The summed E-state index contributed by atoms with van der Waals surface area (Å²) in [4.78, 5) is 11.9. The number of quaternary nitrogens is 1. The minimum absolute atomic E-state index is 0. The Bertz CT molecular complexity index is 570. The summed E-state index contributed by atoms with van der Waals surface area (Å²) in [6, 6.07) is 19.5. The van der Waals surface area contributed by atoms with Crippen molar-refractivity contribution in [2.75, 3.05) is 20.6 Å². The Kier molecular flexibility index (Phi) is 7.09. The lowest BCUT2D eigenvalue weighted by Gasteiger charge is -2.29. The third-order valence-electron chi connectivity index (χ3n) is 3.35. The normalized spacial score (nSPS) is 10.6. The number of halogens is 1. The van der Waals surface area contributed by atoms with E-state index in [0.29, 0.717) is 12.2 Å². The number of ether oxygens (including phenoxy) is 1. The number of carbonyl (C=O) groups excluding carboxylic acids is 1. The molecule has 0 radical (unpaired) electrons. The highest BCUT2D eigenvalue weighted by atomic mass is 35.5. The molecule has 22 heavy (non-hydrogen) atoms. The topological polar surface area (TPSA) is 26.3 Å². The number of benzene rings is 2. The lowest BCUT2D eigenvalue weighted by atomic mass is 10.2. The molecule has 0 bridgehead atoms. The number of rotatable bonds is 6. The molecule has 0 aliphatic carbocycles. The summed E-state index contributed by atoms with van der Waals surface area (Å²) in [6.45, 7) is 1.65. The maximum absolute atomic E-state index is 11.9. The third kappa shape index (κ3) is 6.29. The van der Waals surface area contributed by atoms with Crippen LogP contribution in [-0.2, 0) is 11.3 Å². The Labute approximate surface area is 138 Å². The van der Waals surface area contributed by atoms with E-state index in [1.165, 1.54) is 5.56 Å². The monoisotopic (exact) mass is 319 g/mol. The van der Waals surface area contributed by atoms with Crippen LogP contribution >= 0.6 is 0 Å². The highest BCUT2D eigenvalue weighted by Gasteiger charge is 2.18. The van der Waals surface area contributed by atoms with Crippen LogP contribution in [0.2, 0.25) is 0 Å². The average Bonchev–Trinajstić information content (AvgIpc) is 2.47. The van der Waals surface area contributed by atoms with Crippen LogP contribution in [0.4, 0.5) is 0 Å². The van der Waals surface area contributed by atoms with Gasteiger partial charge in [0.2, 0.25) is 0 Å². The number of nitrogens with zero attached hydrogens (tertiary/aromatic N) is 1. The quantitative estimate of drug-likeness (QED) is 0.434. The van der Waals surface area contributed by atoms with Gasteiger partial charge in [0.25, 0.3) is 0 Å². The van der Waals surface area contributed by atoms with Crippen LogP contribution in [0.15, 0.2) is 60.7 Å². The highest BCUT2D eigenvalue weighted by molar-refractivity contribution is 5.72. The minimum atomic E-state index is -0.180. The van der Waals surface area contributed by atoms with E-state index in [1.807, 2.05) is 36.4 Å². The van der Waals surface area contributed by atoms with Gasteiger partial charge in [-0.15, -0.1) is 0 Å². The Hall–Kier alpha value is -1.84. The Morgan fingerprint density at radius 3 is 2.09 bits per heavy atom. The van der Waals surface area contributed by atoms with Crippen LogP contribution < -0.4 is 17.1 Å². The smallest absolute Gasteiger partial charge is 0.316 e. The Morgan fingerprint density at radius 1 is 0.955 bits per heavy atom. The third-order valence-corrected chi connectivity index (χ3v) is 3.35. The number of hydrogen-bond acceptors (Lipinski definition) is 2. The van der Waals surface area contributed by atoms with Gasteiger partial charge in [-0.1, -0.05) is 48.5 Å². The summed E-state index contributed by atoms with van der Waals surface area (Å²) in [7, 11) is 4.26. The van der Waals surface area contributed by atoms with Crippen LogP contribution in [0.25, 0.3) is 0 Å². The van der Waals surface area contributed by atoms with E-state index in [1.54, 1.807) is 12.1 Å². The molecule has 0 N–H and O–H groups in total. The summed E-state index contributed by atoms with van der Waals surface area (Å²) in [6.07, 6.45) is 0.411. The van der Waals surface area contributed by atoms with Crippen molar-refractivity contribution < 1.29 is 26.4 Å². The van der Waals surface area contributed by atoms with E-state index in [-0.39, 0.29) is 18.4 Å². The van der Waals surface area contributed by atoms with Gasteiger partial charge in [0.15, 0.2) is 0 Å². The molecule has 2 aromatic rings. The second-order valence-corrected chi connectivity index (χ2v) is 5.84. The van der Waals surface area contributed by atoms with Crippen molar-refractivity contribution in [2.24, 2.45) is 0 Å².